The number of aromatic nitrogens is 2. The second kappa shape index (κ2) is 4.90. The van der Waals surface area contributed by atoms with Gasteiger partial charge >= 0.3 is 0 Å². The average Bonchev–Trinajstić information content (AvgIpc) is 2.43. The predicted molar refractivity (Wildman–Crippen MR) is 67.4 cm³/mol. The number of hydrogen-bond donors (Lipinski definition) is 1. The van der Waals surface area contributed by atoms with Gasteiger partial charge in [0, 0.05) is 19.5 Å². The van der Waals surface area contributed by atoms with Gasteiger partial charge in [0.2, 0.25) is 15.0 Å². The van der Waals surface area contributed by atoms with Crippen molar-refractivity contribution in [2.75, 3.05) is 0 Å². The van der Waals surface area contributed by atoms with Crippen molar-refractivity contribution in [3.05, 3.63) is 4.80 Å². The maximum absolute atomic E-state index is 12.0. The molecule has 0 bridgehead atoms. The zero-order chi connectivity index (χ0) is 14.1. The molecular weight excluding hydrogens is 276 g/mol. The maximum atomic E-state index is 12.0. The fraction of sp³-hybridized carbons (Fsp3) is 0.667. The summed E-state index contributed by atoms with van der Waals surface area (Å²) in [5.41, 5.74) is -0.596. The van der Waals surface area contributed by atoms with Gasteiger partial charge in [0.1, 0.15) is 0 Å². The molecule has 0 saturated heterocycles. The number of carbonyl (C=O) groups is 1. The van der Waals surface area contributed by atoms with Gasteiger partial charge in [-0.15, -0.1) is 5.10 Å². The second-order valence-electron chi connectivity index (χ2n) is 4.76. The largest absolute Gasteiger partial charge is 0.273 e. The van der Waals surface area contributed by atoms with Gasteiger partial charge in [-0.05, 0) is 20.8 Å². The monoisotopic (exact) mass is 292 g/mol. The standard InChI is InChI=1S/C9H16N4O3S2/c1-6(14)10-7-13(5)11-8(17-7)18(15,16)12-9(2,3)4/h12H,1-5H3/b10-7+. The fourth-order valence-electron chi connectivity index (χ4n) is 1.12. The molecule has 0 unspecified atom stereocenters. The van der Waals surface area contributed by atoms with Crippen LogP contribution in [0.1, 0.15) is 27.7 Å². The van der Waals surface area contributed by atoms with Crippen molar-refractivity contribution in [3.8, 4) is 0 Å². The van der Waals surface area contributed by atoms with Gasteiger partial charge in [-0.25, -0.2) is 17.8 Å². The van der Waals surface area contributed by atoms with Crippen LogP contribution in [0, 0.1) is 0 Å². The average molecular weight is 292 g/mol. The molecule has 1 aromatic rings. The van der Waals surface area contributed by atoms with Crippen molar-refractivity contribution in [1.82, 2.24) is 14.5 Å². The third-order valence-corrected chi connectivity index (χ3v) is 4.74. The Morgan fingerprint density at radius 2 is 2.00 bits per heavy atom. The van der Waals surface area contributed by atoms with Crippen molar-refractivity contribution < 1.29 is 13.2 Å². The Morgan fingerprint density at radius 1 is 1.44 bits per heavy atom. The molecule has 0 fully saturated rings. The van der Waals surface area contributed by atoms with Crippen LogP contribution in [0.15, 0.2) is 9.33 Å². The predicted octanol–water partition coefficient (Wildman–Crippen LogP) is 0.00560. The summed E-state index contributed by atoms with van der Waals surface area (Å²) in [6, 6.07) is 0. The topological polar surface area (TPSA) is 93.4 Å². The van der Waals surface area contributed by atoms with Crippen LogP contribution in [-0.2, 0) is 21.9 Å². The van der Waals surface area contributed by atoms with Crippen LogP contribution in [0.25, 0.3) is 0 Å². The summed E-state index contributed by atoms with van der Waals surface area (Å²) in [6.07, 6.45) is 0. The Bertz CT molecular complexity index is 619. The quantitative estimate of drug-likeness (QED) is 0.830. The molecule has 1 N–H and O–H groups in total. The Labute approximate surface area is 110 Å². The summed E-state index contributed by atoms with van der Waals surface area (Å²) in [7, 11) is -2.15. The van der Waals surface area contributed by atoms with E-state index in [-0.39, 0.29) is 9.14 Å². The Balaban J connectivity index is 3.25. The van der Waals surface area contributed by atoms with Gasteiger partial charge < -0.3 is 0 Å². The molecule has 0 atom stereocenters. The maximum Gasteiger partial charge on any atom is 0.270 e. The third-order valence-electron chi connectivity index (χ3n) is 1.61. The zero-order valence-corrected chi connectivity index (χ0v) is 12.5. The van der Waals surface area contributed by atoms with E-state index in [2.05, 4.69) is 14.8 Å². The van der Waals surface area contributed by atoms with Crippen LogP contribution in [0.3, 0.4) is 0 Å². The van der Waals surface area contributed by atoms with Crippen LogP contribution >= 0.6 is 11.3 Å². The number of aryl methyl sites for hydroxylation is 1. The minimum Gasteiger partial charge on any atom is -0.273 e. The third kappa shape index (κ3) is 4.00. The molecule has 0 aliphatic heterocycles. The highest BCUT2D eigenvalue weighted by atomic mass is 32.2. The SMILES string of the molecule is CC(=O)/N=c1/sc(S(=O)(=O)NC(C)(C)C)nn1C. The van der Waals surface area contributed by atoms with E-state index in [0.717, 1.165) is 11.3 Å². The molecule has 102 valence electrons. The molecule has 1 rings (SSSR count). The van der Waals surface area contributed by atoms with E-state index >= 15 is 0 Å². The minimum atomic E-state index is -3.69. The first-order valence-electron chi connectivity index (χ1n) is 5.15. The van der Waals surface area contributed by atoms with Gasteiger partial charge in [-0.1, -0.05) is 11.3 Å². The summed E-state index contributed by atoms with van der Waals surface area (Å²) in [6.45, 7) is 6.50. The number of sulfonamides is 1. The lowest BCUT2D eigenvalue weighted by molar-refractivity contribution is -0.116. The van der Waals surface area contributed by atoms with E-state index < -0.39 is 21.5 Å². The van der Waals surface area contributed by atoms with E-state index in [4.69, 9.17) is 0 Å². The fourth-order valence-corrected chi connectivity index (χ4v) is 3.69. The molecule has 1 aromatic heterocycles. The summed E-state index contributed by atoms with van der Waals surface area (Å²) < 4.78 is 27.6. The molecule has 9 heteroatoms. The number of rotatable bonds is 2. The van der Waals surface area contributed by atoms with Crippen LogP contribution in [0.4, 0.5) is 0 Å². The highest BCUT2D eigenvalue weighted by molar-refractivity contribution is 7.91. The van der Waals surface area contributed by atoms with Crippen molar-refractivity contribution in [2.45, 2.75) is 37.6 Å². The summed E-state index contributed by atoms with van der Waals surface area (Å²) >= 11 is 0.849. The molecule has 0 aromatic carbocycles. The molecule has 0 aliphatic carbocycles. The van der Waals surface area contributed by atoms with Crippen LogP contribution in [0.2, 0.25) is 0 Å². The van der Waals surface area contributed by atoms with Crippen molar-refractivity contribution in [2.24, 2.45) is 12.0 Å². The lowest BCUT2D eigenvalue weighted by atomic mass is 10.1. The molecule has 0 aliphatic rings. The smallest absolute Gasteiger partial charge is 0.270 e. The van der Waals surface area contributed by atoms with Gasteiger partial charge in [0.05, 0.1) is 0 Å². The van der Waals surface area contributed by atoms with Crippen LogP contribution < -0.4 is 9.52 Å². The molecule has 1 heterocycles. The van der Waals surface area contributed by atoms with Crippen molar-refractivity contribution in [3.63, 3.8) is 0 Å². The number of nitrogens with zero attached hydrogens (tertiary/aromatic N) is 3. The van der Waals surface area contributed by atoms with Crippen molar-refractivity contribution in [1.29, 1.82) is 0 Å². The van der Waals surface area contributed by atoms with E-state index in [9.17, 15) is 13.2 Å². The molecule has 1 amide bonds. The molecule has 0 spiro atoms. The normalized spacial score (nSPS) is 13.9. The first-order chi connectivity index (χ1) is 8.01. The number of hydrogen-bond acceptors (Lipinski definition) is 5. The molecule has 18 heavy (non-hydrogen) atoms. The second-order valence-corrected chi connectivity index (χ2v) is 7.57. The highest BCUT2D eigenvalue weighted by Crippen LogP contribution is 2.12. The zero-order valence-electron chi connectivity index (χ0n) is 10.9. The summed E-state index contributed by atoms with van der Waals surface area (Å²) in [5.74, 6) is -0.401. The molecule has 0 saturated carbocycles. The summed E-state index contributed by atoms with van der Waals surface area (Å²) in [5, 5.41) is 3.86. The lowest BCUT2D eigenvalue weighted by Crippen LogP contribution is -2.40. The number of carbonyl (C=O) groups excluding carboxylic acids is 1. The molecular formula is C9H16N4O3S2. The first kappa shape index (κ1) is 15.0. The first-order valence-corrected chi connectivity index (χ1v) is 7.45. The van der Waals surface area contributed by atoms with Gasteiger partial charge in [0.15, 0.2) is 0 Å². The number of nitrogens with one attached hydrogen (secondary N) is 1. The Hall–Kier alpha value is -1.06. The Kier molecular flexibility index (Phi) is 4.08. The van der Waals surface area contributed by atoms with Crippen LogP contribution in [0.5, 0.6) is 0 Å². The lowest BCUT2D eigenvalue weighted by Gasteiger charge is -2.18. The molecule has 7 nitrogen and oxygen atoms in total. The van der Waals surface area contributed by atoms with Crippen LogP contribution in [-0.4, -0.2) is 29.6 Å². The summed E-state index contributed by atoms with van der Waals surface area (Å²) in [4.78, 5) is 14.8. The molecule has 0 radical (unpaired) electrons. The van der Waals surface area contributed by atoms with E-state index in [0.29, 0.717) is 0 Å². The van der Waals surface area contributed by atoms with Gasteiger partial charge in [-0.2, -0.15) is 4.99 Å². The van der Waals surface area contributed by atoms with Gasteiger partial charge in [0.25, 0.3) is 10.0 Å². The van der Waals surface area contributed by atoms with E-state index in [1.807, 2.05) is 0 Å². The minimum absolute atomic E-state index is 0.111. The number of amides is 1. The Morgan fingerprint density at radius 3 is 2.44 bits per heavy atom. The highest BCUT2D eigenvalue weighted by Gasteiger charge is 2.25. The van der Waals surface area contributed by atoms with E-state index in [1.165, 1.54) is 18.7 Å². The van der Waals surface area contributed by atoms with Gasteiger partial charge in [-0.3, -0.25) is 4.79 Å². The van der Waals surface area contributed by atoms with Crippen molar-refractivity contribution >= 4 is 27.3 Å². The van der Waals surface area contributed by atoms with E-state index in [1.54, 1.807) is 20.8 Å².